The number of aromatic nitrogens is 2. The lowest BCUT2D eigenvalue weighted by atomic mass is 10.4. The van der Waals surface area contributed by atoms with Gasteiger partial charge in [0.25, 0.3) is 5.22 Å². The van der Waals surface area contributed by atoms with Crippen molar-refractivity contribution in [2.45, 2.75) is 11.0 Å². The molecule has 0 bridgehead atoms. The van der Waals surface area contributed by atoms with Crippen LogP contribution in [0.1, 0.15) is 5.69 Å². The lowest BCUT2D eigenvalue weighted by Crippen LogP contribution is -1.95. The van der Waals surface area contributed by atoms with Crippen molar-refractivity contribution < 1.29 is 4.42 Å². The molecular formula is C9H8ClN3OS. The Kier molecular flexibility index (Phi) is 3.13. The van der Waals surface area contributed by atoms with E-state index in [1.165, 1.54) is 18.0 Å². The van der Waals surface area contributed by atoms with Crippen molar-refractivity contribution in [3.05, 3.63) is 35.3 Å². The molecule has 0 aliphatic rings. The second kappa shape index (κ2) is 4.55. The lowest BCUT2D eigenvalue weighted by molar-refractivity contribution is 0.454. The maximum Gasteiger partial charge on any atom is 0.255 e. The summed E-state index contributed by atoms with van der Waals surface area (Å²) in [7, 11) is 0. The van der Waals surface area contributed by atoms with Gasteiger partial charge < -0.3 is 10.2 Å². The quantitative estimate of drug-likeness (QED) is 0.837. The van der Waals surface area contributed by atoms with Gasteiger partial charge in [0.1, 0.15) is 12.1 Å². The van der Waals surface area contributed by atoms with E-state index in [-0.39, 0.29) is 0 Å². The van der Waals surface area contributed by atoms with E-state index >= 15 is 0 Å². The summed E-state index contributed by atoms with van der Waals surface area (Å²) in [5.74, 6) is 1.05. The van der Waals surface area contributed by atoms with Crippen molar-refractivity contribution in [3.8, 4) is 0 Å². The summed E-state index contributed by atoms with van der Waals surface area (Å²) < 4.78 is 5.08. The van der Waals surface area contributed by atoms with Crippen LogP contribution in [0, 0.1) is 0 Å². The standard InChI is InChI=1S/C9H8ClN3OS/c10-6-1-2-8(11)13-7(6)5-15-9-12-3-4-14-9/h1-4H,5H2,(H2,11,13). The molecule has 0 fully saturated rings. The average Bonchev–Trinajstić information content (AvgIpc) is 2.72. The molecular weight excluding hydrogens is 234 g/mol. The van der Waals surface area contributed by atoms with Crippen LogP contribution in [0.4, 0.5) is 5.82 Å². The van der Waals surface area contributed by atoms with Gasteiger partial charge >= 0.3 is 0 Å². The van der Waals surface area contributed by atoms with Crippen LogP contribution < -0.4 is 5.73 Å². The highest BCUT2D eigenvalue weighted by molar-refractivity contribution is 7.98. The summed E-state index contributed by atoms with van der Waals surface area (Å²) in [4.78, 5) is 8.11. The van der Waals surface area contributed by atoms with Gasteiger partial charge in [0.15, 0.2) is 0 Å². The van der Waals surface area contributed by atoms with E-state index in [0.29, 0.717) is 21.8 Å². The van der Waals surface area contributed by atoms with Gasteiger partial charge in [-0.3, -0.25) is 0 Å². The molecule has 78 valence electrons. The first-order chi connectivity index (χ1) is 7.25. The largest absolute Gasteiger partial charge is 0.440 e. The maximum absolute atomic E-state index is 5.95. The fourth-order valence-corrected chi connectivity index (χ4v) is 2.00. The molecule has 2 aromatic heterocycles. The van der Waals surface area contributed by atoms with Gasteiger partial charge in [0, 0.05) is 5.75 Å². The van der Waals surface area contributed by atoms with Crippen molar-refractivity contribution in [3.63, 3.8) is 0 Å². The summed E-state index contributed by atoms with van der Waals surface area (Å²) in [5.41, 5.74) is 6.29. The molecule has 0 aliphatic heterocycles. The monoisotopic (exact) mass is 241 g/mol. The molecule has 0 radical (unpaired) electrons. The maximum atomic E-state index is 5.95. The van der Waals surface area contributed by atoms with E-state index in [1.807, 2.05) is 0 Å². The van der Waals surface area contributed by atoms with E-state index in [2.05, 4.69) is 9.97 Å². The molecule has 4 nitrogen and oxygen atoms in total. The van der Waals surface area contributed by atoms with Gasteiger partial charge in [-0.05, 0) is 12.1 Å². The Hall–Kier alpha value is -1.20. The highest BCUT2D eigenvalue weighted by atomic mass is 35.5. The number of pyridine rings is 1. The van der Waals surface area contributed by atoms with Crippen LogP contribution in [-0.4, -0.2) is 9.97 Å². The number of nitrogen functional groups attached to an aromatic ring is 1. The first kappa shape index (κ1) is 10.3. The number of nitrogens with two attached hydrogens (primary N) is 1. The summed E-state index contributed by atoms with van der Waals surface area (Å²) in [6.07, 6.45) is 3.12. The molecule has 0 saturated heterocycles. The molecule has 0 amide bonds. The van der Waals surface area contributed by atoms with Crippen LogP contribution >= 0.6 is 23.4 Å². The molecule has 0 unspecified atom stereocenters. The highest BCUT2D eigenvalue weighted by Crippen LogP contribution is 2.24. The zero-order valence-electron chi connectivity index (χ0n) is 7.68. The van der Waals surface area contributed by atoms with Crippen LogP contribution in [0.25, 0.3) is 0 Å². The average molecular weight is 242 g/mol. The smallest absolute Gasteiger partial charge is 0.255 e. The van der Waals surface area contributed by atoms with Gasteiger partial charge in [0.05, 0.1) is 16.9 Å². The van der Waals surface area contributed by atoms with Crippen molar-refractivity contribution in [2.75, 3.05) is 5.73 Å². The molecule has 0 spiro atoms. The van der Waals surface area contributed by atoms with Gasteiger partial charge in [-0.25, -0.2) is 9.97 Å². The molecule has 0 saturated carbocycles. The Balaban J connectivity index is 2.07. The van der Waals surface area contributed by atoms with E-state index in [4.69, 9.17) is 21.8 Å². The predicted molar refractivity (Wildman–Crippen MR) is 59.7 cm³/mol. The second-order valence-electron chi connectivity index (χ2n) is 2.75. The number of hydrogen-bond acceptors (Lipinski definition) is 5. The Morgan fingerprint density at radius 2 is 2.33 bits per heavy atom. The van der Waals surface area contributed by atoms with Crippen LogP contribution in [0.15, 0.2) is 34.2 Å². The second-order valence-corrected chi connectivity index (χ2v) is 4.09. The van der Waals surface area contributed by atoms with Gasteiger partial charge in [-0.15, -0.1) is 0 Å². The highest BCUT2D eigenvalue weighted by Gasteiger charge is 2.05. The molecule has 2 rings (SSSR count). The third kappa shape index (κ3) is 2.64. The SMILES string of the molecule is Nc1ccc(Cl)c(CSc2ncco2)n1. The topological polar surface area (TPSA) is 64.9 Å². The molecule has 0 aliphatic carbocycles. The molecule has 2 aromatic rings. The fraction of sp³-hybridized carbons (Fsp3) is 0.111. The van der Waals surface area contributed by atoms with Crippen LogP contribution in [0.5, 0.6) is 0 Å². The summed E-state index contributed by atoms with van der Waals surface area (Å²) in [5, 5.41) is 1.19. The van der Waals surface area contributed by atoms with E-state index in [1.54, 1.807) is 18.3 Å². The fourth-order valence-electron chi connectivity index (χ4n) is 1.01. The number of hydrogen-bond donors (Lipinski definition) is 1. The summed E-state index contributed by atoms with van der Waals surface area (Å²) in [6, 6.07) is 3.40. The minimum absolute atomic E-state index is 0.461. The molecule has 2 N–H and O–H groups in total. The third-order valence-electron chi connectivity index (χ3n) is 1.68. The number of thioether (sulfide) groups is 1. The minimum Gasteiger partial charge on any atom is -0.440 e. The normalized spacial score (nSPS) is 10.5. The first-order valence-electron chi connectivity index (χ1n) is 4.19. The zero-order valence-corrected chi connectivity index (χ0v) is 9.26. The molecule has 0 atom stereocenters. The van der Waals surface area contributed by atoms with Crippen molar-refractivity contribution >= 4 is 29.2 Å². The summed E-state index contributed by atoms with van der Waals surface area (Å²) >= 11 is 7.38. The number of rotatable bonds is 3. The molecule has 6 heteroatoms. The van der Waals surface area contributed by atoms with Crippen molar-refractivity contribution in [2.24, 2.45) is 0 Å². The van der Waals surface area contributed by atoms with Gasteiger partial charge in [-0.1, -0.05) is 23.4 Å². The van der Waals surface area contributed by atoms with E-state index < -0.39 is 0 Å². The predicted octanol–water partition coefficient (Wildman–Crippen LogP) is 2.60. The lowest BCUT2D eigenvalue weighted by Gasteiger charge is -2.01. The Bertz CT molecular complexity index is 447. The van der Waals surface area contributed by atoms with E-state index in [0.717, 1.165) is 5.69 Å². The Labute approximate surface area is 95.9 Å². The number of anilines is 1. The number of halogens is 1. The van der Waals surface area contributed by atoms with Gasteiger partial charge in [0.2, 0.25) is 0 Å². The number of oxazole rings is 1. The molecule has 15 heavy (non-hydrogen) atoms. The van der Waals surface area contributed by atoms with E-state index in [9.17, 15) is 0 Å². The van der Waals surface area contributed by atoms with Crippen molar-refractivity contribution in [1.82, 2.24) is 9.97 Å². The molecule has 2 heterocycles. The first-order valence-corrected chi connectivity index (χ1v) is 5.55. The number of nitrogens with zero attached hydrogens (tertiary/aromatic N) is 2. The van der Waals surface area contributed by atoms with Crippen LogP contribution in [-0.2, 0) is 5.75 Å². The van der Waals surface area contributed by atoms with Crippen LogP contribution in [0.3, 0.4) is 0 Å². The minimum atomic E-state index is 0.461. The summed E-state index contributed by atoms with van der Waals surface area (Å²) in [6.45, 7) is 0. The third-order valence-corrected chi connectivity index (χ3v) is 2.89. The Morgan fingerprint density at radius 3 is 3.07 bits per heavy atom. The van der Waals surface area contributed by atoms with Gasteiger partial charge in [-0.2, -0.15) is 0 Å². The molecule has 0 aromatic carbocycles. The Morgan fingerprint density at radius 1 is 1.47 bits per heavy atom. The zero-order chi connectivity index (χ0) is 10.7. The van der Waals surface area contributed by atoms with Crippen LogP contribution in [0.2, 0.25) is 5.02 Å². The van der Waals surface area contributed by atoms with Crippen molar-refractivity contribution in [1.29, 1.82) is 0 Å².